The van der Waals surface area contributed by atoms with E-state index in [2.05, 4.69) is 190 Å². The first-order valence-corrected chi connectivity index (χ1v) is 18.3. The summed E-state index contributed by atoms with van der Waals surface area (Å²) in [5.74, 6) is 0. The Kier molecular flexibility index (Phi) is 6.50. The third kappa shape index (κ3) is 4.36. The second-order valence-electron chi connectivity index (χ2n) is 14.2. The van der Waals surface area contributed by atoms with E-state index in [0.29, 0.717) is 5.56 Å². The molecule has 3 aromatic heterocycles. The third-order valence-electron chi connectivity index (χ3n) is 11.1. The quantitative estimate of drug-likeness (QED) is 0.181. The average molecular weight is 689 g/mol. The predicted octanol–water partition coefficient (Wildman–Crippen LogP) is 12.8. The first kappa shape index (κ1) is 30.3. The summed E-state index contributed by atoms with van der Waals surface area (Å²) in [5.41, 5.74) is 14.1. The number of fused-ring (bicyclic) bond motifs is 9. The van der Waals surface area contributed by atoms with Gasteiger partial charge in [-0.25, -0.2) is 0 Å². The van der Waals surface area contributed by atoms with Crippen molar-refractivity contribution in [1.29, 1.82) is 5.26 Å². The average Bonchev–Trinajstić information content (AvgIpc) is 3.86. The molecule has 54 heavy (non-hydrogen) atoms. The second-order valence-corrected chi connectivity index (χ2v) is 14.2. The zero-order chi connectivity index (χ0) is 35.9. The Morgan fingerprint density at radius 1 is 0.370 bits per heavy atom. The third-order valence-corrected chi connectivity index (χ3v) is 11.1. The van der Waals surface area contributed by atoms with Gasteiger partial charge in [0.1, 0.15) is 0 Å². The van der Waals surface area contributed by atoms with Crippen LogP contribution in [0.25, 0.3) is 93.6 Å². The lowest BCUT2D eigenvalue weighted by Crippen LogP contribution is -1.96. The van der Waals surface area contributed by atoms with E-state index in [-0.39, 0.29) is 0 Å². The van der Waals surface area contributed by atoms with Crippen LogP contribution in [0.5, 0.6) is 0 Å². The largest absolute Gasteiger partial charge is 0.309 e. The van der Waals surface area contributed by atoms with E-state index in [1.165, 1.54) is 54.4 Å². The Morgan fingerprint density at radius 2 is 0.759 bits per heavy atom. The highest BCUT2D eigenvalue weighted by atomic mass is 15.0. The van der Waals surface area contributed by atoms with Gasteiger partial charge in [0.25, 0.3) is 0 Å². The van der Waals surface area contributed by atoms with Crippen molar-refractivity contribution in [2.45, 2.75) is 6.92 Å². The summed E-state index contributed by atoms with van der Waals surface area (Å²) in [6, 6.07) is 65.6. The van der Waals surface area contributed by atoms with Crippen LogP contribution in [0.1, 0.15) is 11.1 Å². The molecule has 11 rings (SSSR count). The number of aromatic nitrogens is 3. The van der Waals surface area contributed by atoms with E-state index in [0.717, 1.165) is 44.8 Å². The smallest absolute Gasteiger partial charge is 0.0998 e. The lowest BCUT2D eigenvalue weighted by molar-refractivity contribution is 1.16. The van der Waals surface area contributed by atoms with Crippen LogP contribution in [-0.2, 0) is 0 Å². The Morgan fingerprint density at radius 3 is 1.20 bits per heavy atom. The van der Waals surface area contributed by atoms with E-state index < -0.39 is 0 Å². The summed E-state index contributed by atoms with van der Waals surface area (Å²) >= 11 is 0. The summed E-state index contributed by atoms with van der Waals surface area (Å²) < 4.78 is 7.17. The van der Waals surface area contributed by atoms with E-state index in [1.54, 1.807) is 0 Å². The molecule has 4 heteroatoms. The highest BCUT2D eigenvalue weighted by Gasteiger charge is 2.19. The molecule has 252 valence electrons. The summed E-state index contributed by atoms with van der Waals surface area (Å²) in [6.45, 7) is 2.02. The van der Waals surface area contributed by atoms with Crippen LogP contribution in [0.3, 0.4) is 0 Å². The molecule has 0 spiro atoms. The van der Waals surface area contributed by atoms with E-state index in [1.807, 2.05) is 13.0 Å². The molecule has 4 nitrogen and oxygen atoms in total. The fourth-order valence-corrected chi connectivity index (χ4v) is 8.75. The molecule has 0 aliphatic heterocycles. The van der Waals surface area contributed by atoms with Gasteiger partial charge in [0, 0.05) is 49.4 Å². The molecule has 8 aromatic carbocycles. The molecule has 0 saturated heterocycles. The molecule has 3 heterocycles. The highest BCUT2D eigenvalue weighted by Crippen LogP contribution is 2.39. The maximum atomic E-state index is 9.90. The number of benzene rings is 8. The minimum absolute atomic E-state index is 0.690. The monoisotopic (exact) mass is 688 g/mol. The van der Waals surface area contributed by atoms with Crippen LogP contribution < -0.4 is 0 Å². The summed E-state index contributed by atoms with van der Waals surface area (Å²) in [5, 5.41) is 17.3. The van der Waals surface area contributed by atoms with Gasteiger partial charge in [0.05, 0.1) is 44.7 Å². The molecular weight excluding hydrogens is 657 g/mol. The number of aryl methyl sites for hydroxylation is 1. The molecule has 0 aliphatic carbocycles. The molecule has 11 aromatic rings. The van der Waals surface area contributed by atoms with Gasteiger partial charge in [-0.05, 0) is 102 Å². The van der Waals surface area contributed by atoms with Crippen LogP contribution in [0, 0.1) is 18.3 Å². The fraction of sp³-hybridized carbons (Fsp3) is 0.0200. The van der Waals surface area contributed by atoms with Gasteiger partial charge in [-0.1, -0.05) is 97.1 Å². The number of nitrogens with zero attached hydrogens (tertiary/aromatic N) is 4. The minimum Gasteiger partial charge on any atom is -0.309 e. The maximum absolute atomic E-state index is 9.90. The molecule has 0 bridgehead atoms. The van der Waals surface area contributed by atoms with Gasteiger partial charge in [-0.2, -0.15) is 5.26 Å². The van der Waals surface area contributed by atoms with Crippen LogP contribution in [0.15, 0.2) is 176 Å². The predicted molar refractivity (Wildman–Crippen MR) is 224 cm³/mol. The van der Waals surface area contributed by atoms with Crippen LogP contribution >= 0.6 is 0 Å². The Labute approximate surface area is 311 Å². The van der Waals surface area contributed by atoms with E-state index >= 15 is 0 Å². The number of nitriles is 1. The SMILES string of the molecule is Cc1ccc(-c2ccc(-n3c4ccc(-n5c6ccccc6c6ccccc65)cc4c4cc(-n5c6ccccc6c6ccccc65)ccc43)cc2)c(C#N)c1. The molecule has 0 N–H and O–H groups in total. The highest BCUT2D eigenvalue weighted by molar-refractivity contribution is 6.14. The standard InChI is InChI=1S/C50H32N4/c1-32-18-25-38(34(28-32)31-51)33-19-21-35(22-20-33)52-49-26-23-36(53-45-14-6-2-10-39(45)40-11-3-7-15-46(40)53)29-43(49)44-30-37(24-27-50(44)52)54-47-16-8-4-12-41(47)42-13-5-9-17-48(42)54/h2-30H,1H3. The number of hydrogen-bond acceptors (Lipinski definition) is 1. The van der Waals surface area contributed by atoms with Gasteiger partial charge >= 0.3 is 0 Å². The van der Waals surface area contributed by atoms with Crippen molar-refractivity contribution >= 4 is 65.4 Å². The molecule has 0 aliphatic rings. The Hall–Kier alpha value is -7.35. The van der Waals surface area contributed by atoms with E-state index in [4.69, 9.17) is 0 Å². The lowest BCUT2D eigenvalue weighted by atomic mass is 9.98. The Bertz CT molecular complexity index is 3070. The molecule has 0 fully saturated rings. The first-order chi connectivity index (χ1) is 26.7. The maximum Gasteiger partial charge on any atom is 0.0998 e. The van der Waals surface area contributed by atoms with Gasteiger partial charge in [0.2, 0.25) is 0 Å². The fourth-order valence-electron chi connectivity index (χ4n) is 8.75. The lowest BCUT2D eigenvalue weighted by Gasteiger charge is -2.12. The number of rotatable bonds is 4. The van der Waals surface area contributed by atoms with E-state index in [9.17, 15) is 5.26 Å². The molecule has 0 atom stereocenters. The van der Waals surface area contributed by atoms with Crippen molar-refractivity contribution in [3.8, 4) is 34.3 Å². The second kappa shape index (κ2) is 11.6. The summed E-state index contributed by atoms with van der Waals surface area (Å²) in [4.78, 5) is 0. The van der Waals surface area contributed by atoms with Crippen molar-refractivity contribution in [2.24, 2.45) is 0 Å². The van der Waals surface area contributed by atoms with Crippen LogP contribution in [0.4, 0.5) is 0 Å². The van der Waals surface area contributed by atoms with Gasteiger partial charge in [0.15, 0.2) is 0 Å². The molecular formula is C50H32N4. The van der Waals surface area contributed by atoms with Crippen LogP contribution in [-0.4, -0.2) is 13.7 Å². The summed E-state index contributed by atoms with van der Waals surface area (Å²) in [6.07, 6.45) is 0. The van der Waals surface area contributed by atoms with Crippen molar-refractivity contribution in [1.82, 2.24) is 13.7 Å². The number of para-hydroxylation sites is 4. The zero-order valence-corrected chi connectivity index (χ0v) is 29.5. The van der Waals surface area contributed by atoms with Crippen LogP contribution in [0.2, 0.25) is 0 Å². The molecule has 0 amide bonds. The minimum atomic E-state index is 0.690. The van der Waals surface area contributed by atoms with Gasteiger partial charge in [-0.3, -0.25) is 0 Å². The topological polar surface area (TPSA) is 38.6 Å². The number of hydrogen-bond donors (Lipinski definition) is 0. The van der Waals surface area contributed by atoms with Crippen molar-refractivity contribution in [2.75, 3.05) is 0 Å². The molecule has 0 saturated carbocycles. The van der Waals surface area contributed by atoms with Gasteiger partial charge < -0.3 is 13.7 Å². The Balaban J connectivity index is 1.18. The van der Waals surface area contributed by atoms with Crippen molar-refractivity contribution in [3.63, 3.8) is 0 Å². The zero-order valence-electron chi connectivity index (χ0n) is 29.5. The van der Waals surface area contributed by atoms with Gasteiger partial charge in [-0.15, -0.1) is 0 Å². The summed E-state index contributed by atoms with van der Waals surface area (Å²) in [7, 11) is 0. The molecule has 0 radical (unpaired) electrons. The normalized spacial score (nSPS) is 11.8. The van der Waals surface area contributed by atoms with Crippen molar-refractivity contribution in [3.05, 3.63) is 187 Å². The molecule has 0 unspecified atom stereocenters. The first-order valence-electron chi connectivity index (χ1n) is 18.3. The van der Waals surface area contributed by atoms with Crippen molar-refractivity contribution < 1.29 is 0 Å².